The van der Waals surface area contributed by atoms with E-state index in [0.29, 0.717) is 0 Å². The molecule has 0 amide bonds. The maximum atomic E-state index is 13.1. The Morgan fingerprint density at radius 3 is 1.25 bits per heavy atom. The van der Waals surface area contributed by atoms with Crippen molar-refractivity contribution in [3.05, 3.63) is 113 Å². The zero-order chi connectivity index (χ0) is 32.1. The van der Waals surface area contributed by atoms with Gasteiger partial charge in [0.05, 0.1) is 23.3 Å². The lowest BCUT2D eigenvalue weighted by Gasteiger charge is -2.17. The first-order valence-corrected chi connectivity index (χ1v) is 12.2. The van der Waals surface area contributed by atoms with Gasteiger partial charge in [0.15, 0.2) is 0 Å². The van der Waals surface area contributed by atoms with Gasteiger partial charge in [-0.3, -0.25) is 0 Å². The topological polar surface area (TPSA) is 114 Å². The average Bonchev–Trinajstić information content (AvgIpc) is 2.98. The monoisotopic (exact) mass is 600 g/mol. The van der Waals surface area contributed by atoms with E-state index >= 15 is 0 Å². The van der Waals surface area contributed by atoms with E-state index in [2.05, 4.69) is 9.47 Å². The SMILES string of the molecule is N#CC(C#N)=C(c1ccc(C#N)c(-c2ccccc2OC(F)(F)F)c1)c1ccc(C#N)c(-c2ccccc2OC(F)(F)F)c1. The van der Waals surface area contributed by atoms with E-state index in [-0.39, 0.29) is 50.1 Å². The average molecular weight is 600 g/mol. The van der Waals surface area contributed by atoms with Crippen LogP contribution < -0.4 is 9.47 Å². The van der Waals surface area contributed by atoms with Crippen LogP contribution in [0.2, 0.25) is 0 Å². The number of halogens is 6. The van der Waals surface area contributed by atoms with Gasteiger partial charge in [-0.2, -0.15) is 21.0 Å². The highest BCUT2D eigenvalue weighted by Crippen LogP contribution is 2.40. The van der Waals surface area contributed by atoms with Gasteiger partial charge in [0.25, 0.3) is 0 Å². The number of nitriles is 4. The molecule has 0 aromatic heterocycles. The zero-order valence-corrected chi connectivity index (χ0v) is 22.0. The molecule has 4 rings (SSSR count). The van der Waals surface area contributed by atoms with Crippen LogP contribution >= 0.6 is 0 Å². The lowest BCUT2D eigenvalue weighted by atomic mass is 9.87. The van der Waals surface area contributed by atoms with Crippen LogP contribution in [0.15, 0.2) is 90.5 Å². The van der Waals surface area contributed by atoms with E-state index in [1.165, 1.54) is 72.8 Å². The van der Waals surface area contributed by atoms with Gasteiger partial charge >= 0.3 is 12.7 Å². The molecule has 0 radical (unpaired) electrons. The van der Waals surface area contributed by atoms with Gasteiger partial charge in [-0.25, -0.2) is 0 Å². The van der Waals surface area contributed by atoms with Crippen molar-refractivity contribution in [2.24, 2.45) is 0 Å². The summed E-state index contributed by atoms with van der Waals surface area (Å²) in [7, 11) is 0. The fourth-order valence-corrected chi connectivity index (χ4v) is 4.44. The van der Waals surface area contributed by atoms with E-state index in [4.69, 9.17) is 0 Å². The minimum atomic E-state index is -5.05. The molecule has 0 spiro atoms. The lowest BCUT2D eigenvalue weighted by molar-refractivity contribution is -0.275. The first-order valence-electron chi connectivity index (χ1n) is 12.2. The Bertz CT molecular complexity index is 1810. The summed E-state index contributed by atoms with van der Waals surface area (Å²) >= 11 is 0. The van der Waals surface area contributed by atoms with E-state index in [1.807, 2.05) is 12.1 Å². The standard InChI is InChI=1S/C32H14F6N4O2/c33-31(34,35)43-28-7-3-1-5-24(28)26-13-19(9-11-21(26)15-39)30(23(17-41)18-42)20-10-12-22(16-40)27(14-20)25-6-2-4-8-29(25)44-32(36,37)38/h1-14H. The maximum Gasteiger partial charge on any atom is 0.573 e. The quantitative estimate of drug-likeness (QED) is 0.162. The molecule has 0 unspecified atom stereocenters. The first kappa shape index (κ1) is 30.7. The maximum absolute atomic E-state index is 13.1. The molecular weight excluding hydrogens is 586 g/mol. The molecule has 0 heterocycles. The number of hydrogen-bond acceptors (Lipinski definition) is 6. The van der Waals surface area contributed by atoms with Crippen LogP contribution in [0.25, 0.3) is 27.8 Å². The number of ether oxygens (including phenoxy) is 2. The molecule has 4 aromatic rings. The fourth-order valence-electron chi connectivity index (χ4n) is 4.44. The summed E-state index contributed by atoms with van der Waals surface area (Å²) in [4.78, 5) is 0. The van der Waals surface area contributed by atoms with Crippen LogP contribution in [0, 0.1) is 45.3 Å². The minimum Gasteiger partial charge on any atom is -0.405 e. The predicted octanol–water partition coefficient (Wildman–Crippen LogP) is 8.41. The van der Waals surface area contributed by atoms with E-state index in [1.54, 1.807) is 12.1 Å². The van der Waals surface area contributed by atoms with Crippen molar-refractivity contribution < 1.29 is 35.8 Å². The molecule has 0 fully saturated rings. The summed E-state index contributed by atoms with van der Waals surface area (Å²) in [6, 6.07) is 25.3. The third-order valence-electron chi connectivity index (χ3n) is 6.14. The van der Waals surface area contributed by atoms with Crippen LogP contribution in [0.3, 0.4) is 0 Å². The molecule has 0 aliphatic rings. The van der Waals surface area contributed by atoms with E-state index < -0.39 is 29.8 Å². The molecule has 0 saturated heterocycles. The molecule has 12 heteroatoms. The minimum absolute atomic E-state index is 0.0182. The summed E-state index contributed by atoms with van der Waals surface area (Å²) < 4.78 is 87.2. The highest BCUT2D eigenvalue weighted by molar-refractivity contribution is 5.91. The third-order valence-corrected chi connectivity index (χ3v) is 6.14. The van der Waals surface area contributed by atoms with Gasteiger partial charge in [0, 0.05) is 27.8 Å². The fraction of sp³-hybridized carbons (Fsp3) is 0.0625. The van der Waals surface area contributed by atoms with Gasteiger partial charge in [0.1, 0.15) is 29.2 Å². The molecule has 0 aliphatic carbocycles. The van der Waals surface area contributed by atoms with Crippen molar-refractivity contribution in [2.75, 3.05) is 0 Å². The number of alkyl halides is 6. The molecule has 216 valence electrons. The lowest BCUT2D eigenvalue weighted by Crippen LogP contribution is -2.17. The van der Waals surface area contributed by atoms with Gasteiger partial charge in [-0.05, 0) is 47.5 Å². The molecular formula is C32H14F6N4O2. The Balaban J connectivity index is 1.99. The smallest absolute Gasteiger partial charge is 0.405 e. The van der Waals surface area contributed by atoms with Crippen LogP contribution in [0.1, 0.15) is 22.3 Å². The Kier molecular flexibility index (Phi) is 8.60. The molecule has 0 saturated carbocycles. The highest BCUT2D eigenvalue weighted by atomic mass is 19.4. The van der Waals surface area contributed by atoms with Gasteiger partial charge in [0.2, 0.25) is 0 Å². The van der Waals surface area contributed by atoms with Crippen molar-refractivity contribution in [1.82, 2.24) is 0 Å². The van der Waals surface area contributed by atoms with E-state index in [0.717, 1.165) is 12.1 Å². The second-order valence-electron chi connectivity index (χ2n) is 8.81. The molecule has 0 aliphatic heterocycles. The normalized spacial score (nSPS) is 10.9. The Hall–Kier alpha value is -6.24. The summed E-state index contributed by atoms with van der Waals surface area (Å²) in [5.41, 5.74) is -0.685. The van der Waals surface area contributed by atoms with Crippen LogP contribution in [0.5, 0.6) is 11.5 Å². The number of nitrogens with zero attached hydrogens (tertiary/aromatic N) is 4. The molecule has 0 atom stereocenters. The van der Waals surface area contributed by atoms with Crippen molar-refractivity contribution in [1.29, 1.82) is 21.0 Å². The summed E-state index contributed by atoms with van der Waals surface area (Å²) in [6.45, 7) is 0. The number of para-hydroxylation sites is 2. The predicted molar refractivity (Wildman–Crippen MR) is 144 cm³/mol. The third kappa shape index (κ3) is 6.79. The van der Waals surface area contributed by atoms with Crippen molar-refractivity contribution in [2.45, 2.75) is 12.7 Å². The number of hydrogen-bond donors (Lipinski definition) is 0. The summed E-state index contributed by atoms with van der Waals surface area (Å²) in [5.74, 6) is -1.22. The van der Waals surface area contributed by atoms with Crippen molar-refractivity contribution >= 4 is 5.57 Å². The molecule has 4 aromatic carbocycles. The highest BCUT2D eigenvalue weighted by Gasteiger charge is 2.33. The largest absolute Gasteiger partial charge is 0.573 e. The molecule has 0 N–H and O–H groups in total. The van der Waals surface area contributed by atoms with Crippen LogP contribution in [-0.4, -0.2) is 12.7 Å². The zero-order valence-electron chi connectivity index (χ0n) is 22.0. The second kappa shape index (κ2) is 12.3. The molecule has 0 bridgehead atoms. The first-order chi connectivity index (χ1) is 20.9. The van der Waals surface area contributed by atoms with Gasteiger partial charge in [-0.15, -0.1) is 26.3 Å². The van der Waals surface area contributed by atoms with Gasteiger partial charge in [-0.1, -0.05) is 48.5 Å². The van der Waals surface area contributed by atoms with Crippen molar-refractivity contribution in [3.8, 4) is 58.0 Å². The Morgan fingerprint density at radius 1 is 0.523 bits per heavy atom. The van der Waals surface area contributed by atoms with Crippen LogP contribution in [-0.2, 0) is 0 Å². The molecule has 44 heavy (non-hydrogen) atoms. The summed E-state index contributed by atoms with van der Waals surface area (Å²) in [6.07, 6.45) is -10.1. The Morgan fingerprint density at radius 2 is 0.909 bits per heavy atom. The number of benzene rings is 4. The van der Waals surface area contributed by atoms with Crippen molar-refractivity contribution in [3.63, 3.8) is 0 Å². The second-order valence-corrected chi connectivity index (χ2v) is 8.81. The summed E-state index contributed by atoms with van der Waals surface area (Å²) in [5, 5.41) is 39.1. The number of rotatable bonds is 6. The van der Waals surface area contributed by atoms with Crippen LogP contribution in [0.4, 0.5) is 26.3 Å². The van der Waals surface area contributed by atoms with Gasteiger partial charge < -0.3 is 9.47 Å². The number of allylic oxidation sites excluding steroid dienone is 1. The van der Waals surface area contributed by atoms with E-state index in [9.17, 15) is 47.4 Å². The Labute approximate surface area is 246 Å². The molecule has 6 nitrogen and oxygen atoms in total.